The van der Waals surface area contributed by atoms with Gasteiger partial charge >= 0.3 is 0 Å². The van der Waals surface area contributed by atoms with E-state index in [9.17, 15) is 13.2 Å². The van der Waals surface area contributed by atoms with Crippen LogP contribution in [0.25, 0.3) is 0 Å². The number of amides is 1. The summed E-state index contributed by atoms with van der Waals surface area (Å²) in [6.07, 6.45) is 0. The molecular formula is C13H11IN2O3S. The Morgan fingerprint density at radius 1 is 1.10 bits per heavy atom. The maximum absolute atomic E-state index is 12.0. The summed E-state index contributed by atoms with van der Waals surface area (Å²) in [7, 11) is -3.78. The number of nitrogens with two attached hydrogens (primary N) is 1. The van der Waals surface area contributed by atoms with Crippen LogP contribution < -0.4 is 10.5 Å². The average Bonchev–Trinajstić information content (AvgIpc) is 2.38. The normalized spacial score (nSPS) is 11.1. The fraction of sp³-hybridized carbons (Fsp3) is 0. The third kappa shape index (κ3) is 3.78. The van der Waals surface area contributed by atoms with Crippen molar-refractivity contribution in [2.75, 3.05) is 5.32 Å². The number of sulfonamides is 1. The van der Waals surface area contributed by atoms with Crippen molar-refractivity contribution in [2.24, 2.45) is 5.14 Å². The van der Waals surface area contributed by atoms with E-state index in [1.165, 1.54) is 18.2 Å². The van der Waals surface area contributed by atoms with E-state index < -0.39 is 10.0 Å². The number of carbonyl (C=O) groups is 1. The first kappa shape index (κ1) is 14.9. The van der Waals surface area contributed by atoms with Crippen LogP contribution in [0.5, 0.6) is 0 Å². The molecule has 0 aliphatic rings. The molecule has 0 spiro atoms. The monoisotopic (exact) mass is 402 g/mol. The van der Waals surface area contributed by atoms with E-state index in [2.05, 4.69) is 27.9 Å². The van der Waals surface area contributed by atoms with Crippen molar-refractivity contribution in [3.05, 3.63) is 57.7 Å². The topological polar surface area (TPSA) is 89.3 Å². The molecule has 0 bridgehead atoms. The second-order valence-corrected chi connectivity index (χ2v) is 6.84. The van der Waals surface area contributed by atoms with Gasteiger partial charge in [-0.25, -0.2) is 13.6 Å². The highest BCUT2D eigenvalue weighted by atomic mass is 127. The summed E-state index contributed by atoms with van der Waals surface area (Å²) in [6.45, 7) is 0. The number of halogens is 1. The van der Waals surface area contributed by atoms with Crippen molar-refractivity contribution in [2.45, 2.75) is 4.90 Å². The lowest BCUT2D eigenvalue weighted by atomic mass is 10.2. The van der Waals surface area contributed by atoms with E-state index in [1.54, 1.807) is 24.3 Å². The molecule has 0 aliphatic heterocycles. The van der Waals surface area contributed by atoms with Gasteiger partial charge in [0.05, 0.1) is 4.90 Å². The Bertz CT molecular complexity index is 760. The van der Waals surface area contributed by atoms with Crippen molar-refractivity contribution in [1.29, 1.82) is 0 Å². The van der Waals surface area contributed by atoms with Gasteiger partial charge in [-0.1, -0.05) is 12.1 Å². The van der Waals surface area contributed by atoms with E-state index >= 15 is 0 Å². The van der Waals surface area contributed by atoms with Gasteiger partial charge in [0, 0.05) is 14.8 Å². The maximum Gasteiger partial charge on any atom is 0.255 e. The highest BCUT2D eigenvalue weighted by molar-refractivity contribution is 14.1. The van der Waals surface area contributed by atoms with Crippen LogP contribution in [0.15, 0.2) is 53.4 Å². The molecule has 0 aliphatic carbocycles. The van der Waals surface area contributed by atoms with Crippen molar-refractivity contribution in [3.63, 3.8) is 0 Å². The van der Waals surface area contributed by atoms with Crippen LogP contribution in [0, 0.1) is 3.57 Å². The molecule has 3 N–H and O–H groups in total. The van der Waals surface area contributed by atoms with Crippen LogP contribution in [0.3, 0.4) is 0 Å². The number of benzene rings is 2. The van der Waals surface area contributed by atoms with E-state index in [4.69, 9.17) is 5.14 Å². The molecule has 5 nitrogen and oxygen atoms in total. The smallest absolute Gasteiger partial charge is 0.255 e. The van der Waals surface area contributed by atoms with Gasteiger partial charge in [-0.15, -0.1) is 0 Å². The Balaban J connectivity index is 2.25. The fourth-order valence-electron chi connectivity index (χ4n) is 1.58. The second-order valence-electron chi connectivity index (χ2n) is 4.04. The number of carbonyl (C=O) groups excluding carboxylic acids is 1. The number of rotatable bonds is 3. The van der Waals surface area contributed by atoms with Crippen LogP contribution in [0.1, 0.15) is 10.4 Å². The molecule has 2 aromatic rings. The summed E-state index contributed by atoms with van der Waals surface area (Å²) in [6, 6.07) is 12.9. The van der Waals surface area contributed by atoms with Crippen molar-refractivity contribution >= 4 is 44.2 Å². The van der Waals surface area contributed by atoms with Crippen LogP contribution >= 0.6 is 22.6 Å². The van der Waals surface area contributed by atoms with Gasteiger partial charge in [0.2, 0.25) is 10.0 Å². The predicted octanol–water partition coefficient (Wildman–Crippen LogP) is 2.19. The van der Waals surface area contributed by atoms with Crippen LogP contribution in [0.2, 0.25) is 0 Å². The van der Waals surface area contributed by atoms with Gasteiger partial charge in [-0.2, -0.15) is 0 Å². The number of primary sulfonamides is 1. The molecule has 1 amide bonds. The van der Waals surface area contributed by atoms with Crippen molar-refractivity contribution < 1.29 is 13.2 Å². The first-order valence-electron chi connectivity index (χ1n) is 5.56. The number of hydrogen-bond acceptors (Lipinski definition) is 3. The highest BCUT2D eigenvalue weighted by Crippen LogP contribution is 2.16. The van der Waals surface area contributed by atoms with Gasteiger partial charge in [0.1, 0.15) is 0 Å². The van der Waals surface area contributed by atoms with E-state index in [-0.39, 0.29) is 10.8 Å². The van der Waals surface area contributed by atoms with Crippen molar-refractivity contribution in [1.82, 2.24) is 0 Å². The molecular weight excluding hydrogens is 391 g/mol. The minimum atomic E-state index is -3.78. The zero-order chi connectivity index (χ0) is 14.8. The lowest BCUT2D eigenvalue weighted by molar-refractivity contribution is 0.102. The summed E-state index contributed by atoms with van der Waals surface area (Å²) < 4.78 is 23.4. The molecule has 0 heterocycles. The van der Waals surface area contributed by atoms with Gasteiger partial charge in [0.25, 0.3) is 5.91 Å². The zero-order valence-electron chi connectivity index (χ0n) is 10.2. The van der Waals surface area contributed by atoms with Crippen LogP contribution in [-0.4, -0.2) is 14.3 Å². The summed E-state index contributed by atoms with van der Waals surface area (Å²) >= 11 is 2.11. The zero-order valence-corrected chi connectivity index (χ0v) is 13.2. The maximum atomic E-state index is 12.0. The molecule has 0 unspecified atom stereocenters. The second kappa shape index (κ2) is 5.90. The molecule has 2 rings (SSSR count). The molecule has 104 valence electrons. The first-order chi connectivity index (χ1) is 9.36. The average molecular weight is 402 g/mol. The molecule has 7 heteroatoms. The molecule has 20 heavy (non-hydrogen) atoms. The standard InChI is InChI=1S/C13H11IN2O3S/c14-10-4-1-3-9(7-10)13(17)16-11-5-2-6-12(8-11)20(15,18)19/h1-8H,(H,16,17)(H2,15,18,19). The number of anilines is 1. The van der Waals surface area contributed by atoms with Gasteiger partial charge in [0.15, 0.2) is 0 Å². The Morgan fingerprint density at radius 3 is 2.45 bits per heavy atom. The van der Waals surface area contributed by atoms with Gasteiger partial charge < -0.3 is 5.32 Å². The molecule has 0 fully saturated rings. The minimum Gasteiger partial charge on any atom is -0.322 e. The Morgan fingerprint density at radius 2 is 1.80 bits per heavy atom. The third-order valence-electron chi connectivity index (χ3n) is 2.51. The summed E-state index contributed by atoms with van der Waals surface area (Å²) in [5.41, 5.74) is 0.873. The van der Waals surface area contributed by atoms with Crippen molar-refractivity contribution in [3.8, 4) is 0 Å². The Hall–Kier alpha value is -1.45. The van der Waals surface area contributed by atoms with Crippen LogP contribution in [0.4, 0.5) is 5.69 Å². The highest BCUT2D eigenvalue weighted by Gasteiger charge is 2.10. The van der Waals surface area contributed by atoms with E-state index in [0.717, 1.165) is 3.57 Å². The first-order valence-corrected chi connectivity index (χ1v) is 8.18. The summed E-state index contributed by atoms with van der Waals surface area (Å²) in [5, 5.41) is 7.68. The summed E-state index contributed by atoms with van der Waals surface area (Å²) in [5.74, 6) is -0.310. The molecule has 0 saturated carbocycles. The molecule has 0 saturated heterocycles. The van der Waals surface area contributed by atoms with E-state index in [1.807, 2.05) is 6.07 Å². The number of hydrogen-bond donors (Lipinski definition) is 2. The largest absolute Gasteiger partial charge is 0.322 e. The Labute approximate surface area is 130 Å². The summed E-state index contributed by atoms with van der Waals surface area (Å²) in [4.78, 5) is 12.0. The molecule has 2 aromatic carbocycles. The number of nitrogens with one attached hydrogen (secondary N) is 1. The van der Waals surface area contributed by atoms with Gasteiger partial charge in [-0.05, 0) is 59.0 Å². The third-order valence-corrected chi connectivity index (χ3v) is 4.09. The fourth-order valence-corrected chi connectivity index (χ4v) is 2.69. The lowest BCUT2D eigenvalue weighted by Gasteiger charge is -2.07. The lowest BCUT2D eigenvalue weighted by Crippen LogP contribution is -2.14. The van der Waals surface area contributed by atoms with E-state index in [0.29, 0.717) is 11.3 Å². The Kier molecular flexibility index (Phi) is 4.41. The van der Waals surface area contributed by atoms with Gasteiger partial charge in [-0.3, -0.25) is 4.79 Å². The SMILES string of the molecule is NS(=O)(=O)c1cccc(NC(=O)c2cccc(I)c2)c1. The molecule has 0 atom stereocenters. The minimum absolute atomic E-state index is 0.0436. The predicted molar refractivity (Wildman–Crippen MR) is 84.9 cm³/mol. The molecule has 0 aromatic heterocycles. The molecule has 0 radical (unpaired) electrons. The quantitative estimate of drug-likeness (QED) is 0.772. The van der Waals surface area contributed by atoms with Crippen LogP contribution in [-0.2, 0) is 10.0 Å².